The van der Waals surface area contributed by atoms with E-state index >= 15 is 0 Å². The highest BCUT2D eigenvalue weighted by molar-refractivity contribution is 5.96. The third-order valence-corrected chi connectivity index (χ3v) is 5.95. The Morgan fingerprint density at radius 3 is 2.92 bits per heavy atom. The highest BCUT2D eigenvalue weighted by atomic mass is 16.5. The maximum Gasteiger partial charge on any atom is 0.254 e. The summed E-state index contributed by atoms with van der Waals surface area (Å²) in [6.45, 7) is 2.60. The molecule has 1 aliphatic carbocycles. The number of Topliss-reactive ketones (excluding diaryl/α,β-unsaturated/α-hetero) is 1. The van der Waals surface area contributed by atoms with Crippen molar-refractivity contribution in [2.45, 2.75) is 38.1 Å². The summed E-state index contributed by atoms with van der Waals surface area (Å²) in [5, 5.41) is 0. The highest BCUT2D eigenvalue weighted by Crippen LogP contribution is 2.31. The van der Waals surface area contributed by atoms with Crippen LogP contribution in [0.4, 0.5) is 5.69 Å². The predicted molar refractivity (Wildman–Crippen MR) is 96.0 cm³/mol. The van der Waals surface area contributed by atoms with E-state index in [-0.39, 0.29) is 17.9 Å². The first-order valence-electron chi connectivity index (χ1n) is 9.40. The van der Waals surface area contributed by atoms with Crippen LogP contribution in [0.3, 0.4) is 0 Å². The zero-order valence-electron chi connectivity index (χ0n) is 14.9. The first-order valence-corrected chi connectivity index (χ1v) is 9.40. The Hall–Kier alpha value is -1.88. The fourth-order valence-electron chi connectivity index (χ4n) is 4.46. The SMILES string of the molecule is CN1CCc2ccc(C(=O)N3CCOC[C@@H]3[C@H]3CCCCC3=O)cc21. The largest absolute Gasteiger partial charge is 0.377 e. The minimum Gasteiger partial charge on any atom is -0.377 e. The Morgan fingerprint density at radius 2 is 2.08 bits per heavy atom. The molecule has 1 aromatic carbocycles. The molecular weight excluding hydrogens is 316 g/mol. The van der Waals surface area contributed by atoms with Gasteiger partial charge >= 0.3 is 0 Å². The summed E-state index contributed by atoms with van der Waals surface area (Å²) in [4.78, 5) is 29.7. The summed E-state index contributed by atoms with van der Waals surface area (Å²) in [6, 6.07) is 5.92. The number of anilines is 1. The van der Waals surface area contributed by atoms with Gasteiger partial charge in [-0.05, 0) is 37.0 Å². The number of benzene rings is 1. The van der Waals surface area contributed by atoms with Crippen molar-refractivity contribution in [1.82, 2.24) is 4.90 Å². The van der Waals surface area contributed by atoms with Crippen LogP contribution in [0.15, 0.2) is 18.2 Å². The molecule has 1 saturated carbocycles. The summed E-state index contributed by atoms with van der Waals surface area (Å²) in [5.74, 6) is 0.276. The number of amides is 1. The third-order valence-electron chi connectivity index (χ3n) is 5.95. The molecule has 0 radical (unpaired) electrons. The third kappa shape index (κ3) is 3.06. The average Bonchev–Trinajstić information content (AvgIpc) is 3.02. The van der Waals surface area contributed by atoms with Crippen LogP contribution >= 0.6 is 0 Å². The molecule has 1 amide bonds. The number of nitrogens with zero attached hydrogens (tertiary/aromatic N) is 2. The molecule has 0 aromatic heterocycles. The maximum absolute atomic E-state index is 13.2. The molecule has 1 aromatic rings. The van der Waals surface area contributed by atoms with Gasteiger partial charge in [0.2, 0.25) is 0 Å². The van der Waals surface area contributed by atoms with Crippen LogP contribution in [0.25, 0.3) is 0 Å². The molecular formula is C20H26N2O3. The zero-order chi connectivity index (χ0) is 17.4. The van der Waals surface area contributed by atoms with Gasteiger partial charge < -0.3 is 14.5 Å². The molecule has 2 aliphatic heterocycles. The molecule has 25 heavy (non-hydrogen) atoms. The Bertz CT molecular complexity index is 688. The molecule has 0 N–H and O–H groups in total. The van der Waals surface area contributed by atoms with Gasteiger partial charge in [0, 0.05) is 43.7 Å². The van der Waals surface area contributed by atoms with Crippen LogP contribution in [-0.2, 0) is 16.0 Å². The first kappa shape index (κ1) is 16.6. The summed E-state index contributed by atoms with van der Waals surface area (Å²) >= 11 is 0. The van der Waals surface area contributed by atoms with Gasteiger partial charge in [0.15, 0.2) is 0 Å². The lowest BCUT2D eigenvalue weighted by Gasteiger charge is -2.41. The molecule has 2 fully saturated rings. The van der Waals surface area contributed by atoms with E-state index in [1.54, 1.807) is 0 Å². The van der Waals surface area contributed by atoms with E-state index in [9.17, 15) is 9.59 Å². The number of ether oxygens (including phenoxy) is 1. The Labute approximate surface area is 148 Å². The van der Waals surface area contributed by atoms with Crippen molar-refractivity contribution in [3.8, 4) is 0 Å². The lowest BCUT2D eigenvalue weighted by molar-refractivity contribution is -0.129. The monoisotopic (exact) mass is 342 g/mol. The number of hydrogen-bond donors (Lipinski definition) is 0. The summed E-state index contributed by atoms with van der Waals surface area (Å²) in [5.41, 5.74) is 3.19. The minimum atomic E-state index is -0.111. The van der Waals surface area contributed by atoms with E-state index in [0.717, 1.165) is 43.5 Å². The second-order valence-electron chi connectivity index (χ2n) is 7.47. The Kier molecular flexibility index (Phi) is 4.50. The molecule has 0 bridgehead atoms. The van der Waals surface area contributed by atoms with Crippen molar-refractivity contribution in [2.75, 3.05) is 38.3 Å². The topological polar surface area (TPSA) is 49.9 Å². The van der Waals surface area contributed by atoms with E-state index in [1.807, 2.05) is 17.0 Å². The second-order valence-corrected chi connectivity index (χ2v) is 7.47. The van der Waals surface area contributed by atoms with Crippen molar-refractivity contribution in [3.05, 3.63) is 29.3 Å². The smallest absolute Gasteiger partial charge is 0.254 e. The Balaban J connectivity index is 1.59. The van der Waals surface area contributed by atoms with Crippen molar-refractivity contribution >= 4 is 17.4 Å². The molecule has 3 aliphatic rings. The first-order chi connectivity index (χ1) is 12.1. The van der Waals surface area contributed by atoms with Crippen molar-refractivity contribution in [1.29, 1.82) is 0 Å². The quantitative estimate of drug-likeness (QED) is 0.827. The van der Waals surface area contributed by atoms with Crippen LogP contribution in [0, 0.1) is 5.92 Å². The highest BCUT2D eigenvalue weighted by Gasteiger charge is 2.38. The van der Waals surface area contributed by atoms with E-state index in [4.69, 9.17) is 4.74 Å². The summed E-state index contributed by atoms with van der Waals surface area (Å²) in [7, 11) is 2.07. The predicted octanol–water partition coefficient (Wildman–Crippen LogP) is 2.28. The standard InChI is InChI=1S/C20H26N2O3/c1-21-9-8-14-6-7-15(12-17(14)21)20(24)22-10-11-25-13-18(22)16-4-2-3-5-19(16)23/h6-7,12,16,18H,2-5,8-11,13H2,1H3/t16-,18-/m1/s1. The molecule has 4 rings (SSSR count). The normalized spacial score (nSPS) is 26.7. The van der Waals surface area contributed by atoms with Gasteiger partial charge in [0.1, 0.15) is 5.78 Å². The number of ketones is 1. The van der Waals surface area contributed by atoms with Gasteiger partial charge in [-0.2, -0.15) is 0 Å². The Morgan fingerprint density at radius 1 is 1.20 bits per heavy atom. The molecule has 2 atom stereocenters. The molecule has 5 nitrogen and oxygen atoms in total. The fourth-order valence-corrected chi connectivity index (χ4v) is 4.46. The van der Waals surface area contributed by atoms with E-state index < -0.39 is 0 Å². The number of morpholine rings is 1. The van der Waals surface area contributed by atoms with Crippen molar-refractivity contribution < 1.29 is 14.3 Å². The van der Waals surface area contributed by atoms with Crippen molar-refractivity contribution in [3.63, 3.8) is 0 Å². The lowest BCUT2D eigenvalue weighted by Crippen LogP contribution is -2.54. The van der Waals surface area contributed by atoms with Crippen LogP contribution in [-0.4, -0.2) is 56.0 Å². The van der Waals surface area contributed by atoms with Gasteiger partial charge in [-0.1, -0.05) is 12.5 Å². The lowest BCUT2D eigenvalue weighted by atomic mass is 9.82. The number of rotatable bonds is 2. The maximum atomic E-state index is 13.2. The van der Waals surface area contributed by atoms with E-state index in [1.165, 1.54) is 5.56 Å². The number of hydrogen-bond acceptors (Lipinski definition) is 4. The molecule has 0 spiro atoms. The minimum absolute atomic E-state index is 0.0368. The molecule has 1 saturated heterocycles. The second kappa shape index (κ2) is 6.79. The van der Waals surface area contributed by atoms with Gasteiger partial charge in [0.05, 0.1) is 19.3 Å². The van der Waals surface area contributed by atoms with Gasteiger partial charge in [0.25, 0.3) is 5.91 Å². The molecule has 2 heterocycles. The molecule has 134 valence electrons. The summed E-state index contributed by atoms with van der Waals surface area (Å²) < 4.78 is 5.64. The van der Waals surface area contributed by atoms with Crippen molar-refractivity contribution in [2.24, 2.45) is 5.92 Å². The number of carbonyl (C=O) groups excluding carboxylic acids is 2. The molecule has 5 heteroatoms. The molecule has 0 unspecified atom stereocenters. The van der Waals surface area contributed by atoms with Gasteiger partial charge in [-0.15, -0.1) is 0 Å². The number of fused-ring (bicyclic) bond motifs is 1. The number of likely N-dealkylation sites (N-methyl/N-ethyl adjacent to an activating group) is 1. The number of carbonyl (C=O) groups is 2. The van der Waals surface area contributed by atoms with Crippen LogP contribution in [0.5, 0.6) is 0 Å². The van der Waals surface area contributed by atoms with Gasteiger partial charge in [-0.25, -0.2) is 0 Å². The van der Waals surface area contributed by atoms with Crippen LogP contribution < -0.4 is 4.90 Å². The summed E-state index contributed by atoms with van der Waals surface area (Å²) in [6.07, 6.45) is 4.61. The zero-order valence-corrected chi connectivity index (χ0v) is 14.9. The van der Waals surface area contributed by atoms with E-state index in [2.05, 4.69) is 18.0 Å². The van der Waals surface area contributed by atoms with Gasteiger partial charge in [-0.3, -0.25) is 9.59 Å². The van der Waals surface area contributed by atoms with E-state index in [0.29, 0.717) is 32.0 Å². The average molecular weight is 342 g/mol. The fraction of sp³-hybridized carbons (Fsp3) is 0.600. The van der Waals surface area contributed by atoms with Crippen LogP contribution in [0.2, 0.25) is 0 Å². The van der Waals surface area contributed by atoms with Crippen LogP contribution in [0.1, 0.15) is 41.6 Å².